The maximum absolute atomic E-state index is 4.47. The fraction of sp³-hybridized carbons (Fsp3) is 0.429. The number of rotatable bonds is 3. The van der Waals surface area contributed by atoms with Gasteiger partial charge < -0.3 is 4.90 Å². The van der Waals surface area contributed by atoms with Crippen molar-refractivity contribution >= 4 is 21.7 Å². The number of anilines is 1. The summed E-state index contributed by atoms with van der Waals surface area (Å²) in [6.07, 6.45) is 8.29. The minimum Gasteiger partial charge on any atom is -0.356 e. The van der Waals surface area contributed by atoms with Gasteiger partial charge in [-0.15, -0.1) is 0 Å². The SMILES string of the molecule is Cn1cc(CC2CCN(c3ccc(Br)cn3)C2)cn1. The van der Waals surface area contributed by atoms with Crippen LogP contribution in [0.3, 0.4) is 0 Å². The molecule has 1 fully saturated rings. The van der Waals surface area contributed by atoms with E-state index in [4.69, 9.17) is 0 Å². The highest BCUT2D eigenvalue weighted by atomic mass is 79.9. The van der Waals surface area contributed by atoms with Crippen LogP contribution in [0.25, 0.3) is 0 Å². The Balaban J connectivity index is 1.62. The number of pyridine rings is 1. The van der Waals surface area contributed by atoms with Gasteiger partial charge in [-0.3, -0.25) is 4.68 Å². The van der Waals surface area contributed by atoms with E-state index in [1.165, 1.54) is 12.0 Å². The number of aryl methyl sites for hydroxylation is 1. The monoisotopic (exact) mass is 320 g/mol. The Morgan fingerprint density at radius 3 is 2.95 bits per heavy atom. The third-order valence-electron chi connectivity index (χ3n) is 3.60. The molecule has 0 spiro atoms. The molecule has 100 valence electrons. The predicted octanol–water partition coefficient (Wildman–Crippen LogP) is 2.65. The summed E-state index contributed by atoms with van der Waals surface area (Å²) in [5.41, 5.74) is 1.33. The molecule has 0 saturated carbocycles. The van der Waals surface area contributed by atoms with Crippen molar-refractivity contribution in [3.63, 3.8) is 0 Å². The fourth-order valence-corrected chi connectivity index (χ4v) is 2.91. The molecule has 0 aliphatic carbocycles. The Morgan fingerprint density at radius 2 is 2.26 bits per heavy atom. The fourth-order valence-electron chi connectivity index (χ4n) is 2.67. The van der Waals surface area contributed by atoms with Crippen LogP contribution in [-0.2, 0) is 13.5 Å². The molecule has 0 bridgehead atoms. The number of hydrogen-bond acceptors (Lipinski definition) is 3. The summed E-state index contributed by atoms with van der Waals surface area (Å²) >= 11 is 3.42. The molecule has 3 rings (SSSR count). The van der Waals surface area contributed by atoms with E-state index in [2.05, 4.69) is 49.2 Å². The molecule has 1 unspecified atom stereocenters. The summed E-state index contributed by atoms with van der Waals surface area (Å²) in [4.78, 5) is 6.84. The van der Waals surface area contributed by atoms with Crippen molar-refractivity contribution in [1.29, 1.82) is 0 Å². The van der Waals surface area contributed by atoms with Crippen molar-refractivity contribution in [3.8, 4) is 0 Å². The lowest BCUT2D eigenvalue weighted by Crippen LogP contribution is -2.21. The molecule has 0 N–H and O–H groups in total. The van der Waals surface area contributed by atoms with Crippen molar-refractivity contribution < 1.29 is 0 Å². The largest absolute Gasteiger partial charge is 0.356 e. The zero-order chi connectivity index (χ0) is 13.2. The van der Waals surface area contributed by atoms with Gasteiger partial charge in [-0.25, -0.2) is 4.98 Å². The molecule has 2 aromatic rings. The molecular formula is C14H17BrN4. The lowest BCUT2D eigenvalue weighted by Gasteiger charge is -2.17. The molecule has 0 amide bonds. The van der Waals surface area contributed by atoms with Crippen LogP contribution in [0.2, 0.25) is 0 Å². The summed E-state index contributed by atoms with van der Waals surface area (Å²) in [5.74, 6) is 1.78. The molecule has 1 aliphatic rings. The highest BCUT2D eigenvalue weighted by Crippen LogP contribution is 2.25. The predicted molar refractivity (Wildman–Crippen MR) is 79.2 cm³/mol. The highest BCUT2D eigenvalue weighted by molar-refractivity contribution is 9.10. The minimum absolute atomic E-state index is 0.703. The van der Waals surface area contributed by atoms with Gasteiger partial charge in [0.15, 0.2) is 0 Å². The van der Waals surface area contributed by atoms with Crippen molar-refractivity contribution in [3.05, 3.63) is 40.8 Å². The van der Waals surface area contributed by atoms with E-state index in [1.54, 1.807) is 0 Å². The molecule has 5 heteroatoms. The van der Waals surface area contributed by atoms with E-state index in [-0.39, 0.29) is 0 Å². The van der Waals surface area contributed by atoms with Crippen molar-refractivity contribution in [2.24, 2.45) is 13.0 Å². The topological polar surface area (TPSA) is 34.0 Å². The van der Waals surface area contributed by atoms with Gasteiger partial charge in [0.05, 0.1) is 6.20 Å². The Hall–Kier alpha value is -1.36. The van der Waals surface area contributed by atoms with Gasteiger partial charge in [0.2, 0.25) is 0 Å². The Kier molecular flexibility index (Phi) is 3.55. The van der Waals surface area contributed by atoms with E-state index in [1.807, 2.05) is 24.1 Å². The Morgan fingerprint density at radius 1 is 1.37 bits per heavy atom. The van der Waals surface area contributed by atoms with E-state index in [9.17, 15) is 0 Å². The highest BCUT2D eigenvalue weighted by Gasteiger charge is 2.23. The van der Waals surface area contributed by atoms with Crippen LogP contribution >= 0.6 is 15.9 Å². The number of nitrogens with zero attached hydrogens (tertiary/aromatic N) is 4. The molecular weight excluding hydrogens is 304 g/mol. The molecule has 2 aromatic heterocycles. The molecule has 0 aromatic carbocycles. The smallest absolute Gasteiger partial charge is 0.128 e. The van der Waals surface area contributed by atoms with Crippen LogP contribution in [0, 0.1) is 5.92 Å². The van der Waals surface area contributed by atoms with E-state index in [0.717, 1.165) is 29.8 Å². The lowest BCUT2D eigenvalue weighted by atomic mass is 10.0. The molecule has 1 aliphatic heterocycles. The Labute approximate surface area is 121 Å². The molecule has 3 heterocycles. The maximum atomic E-state index is 4.47. The third kappa shape index (κ3) is 2.97. The molecule has 4 nitrogen and oxygen atoms in total. The summed E-state index contributed by atoms with van der Waals surface area (Å²) in [6, 6.07) is 4.13. The second-order valence-corrected chi connectivity index (χ2v) is 6.08. The normalized spacial score (nSPS) is 19.1. The van der Waals surface area contributed by atoms with Crippen LogP contribution in [0.15, 0.2) is 35.2 Å². The van der Waals surface area contributed by atoms with Crippen LogP contribution in [0.5, 0.6) is 0 Å². The van der Waals surface area contributed by atoms with Crippen molar-refractivity contribution in [2.45, 2.75) is 12.8 Å². The van der Waals surface area contributed by atoms with E-state index < -0.39 is 0 Å². The van der Waals surface area contributed by atoms with Gasteiger partial charge in [0, 0.05) is 37.0 Å². The second kappa shape index (κ2) is 5.33. The second-order valence-electron chi connectivity index (χ2n) is 5.16. The standard InChI is InChI=1S/C14H17BrN4/c1-18-9-12(7-17-18)6-11-4-5-19(10-11)14-3-2-13(15)8-16-14/h2-3,7-9,11H,4-6,10H2,1H3. The average Bonchev–Trinajstić information content (AvgIpc) is 3.00. The Bertz CT molecular complexity index is 549. The van der Waals surface area contributed by atoms with Crippen molar-refractivity contribution in [2.75, 3.05) is 18.0 Å². The first-order chi connectivity index (χ1) is 9.20. The summed E-state index contributed by atoms with van der Waals surface area (Å²) in [7, 11) is 1.97. The van der Waals surface area contributed by atoms with E-state index >= 15 is 0 Å². The van der Waals surface area contributed by atoms with Crippen LogP contribution in [0.1, 0.15) is 12.0 Å². The molecule has 19 heavy (non-hydrogen) atoms. The number of halogens is 1. The van der Waals surface area contributed by atoms with Gasteiger partial charge in [0.1, 0.15) is 5.82 Å². The third-order valence-corrected chi connectivity index (χ3v) is 4.07. The zero-order valence-electron chi connectivity index (χ0n) is 11.0. The minimum atomic E-state index is 0.703. The first kappa shape index (κ1) is 12.7. The van der Waals surface area contributed by atoms with Gasteiger partial charge in [-0.2, -0.15) is 5.10 Å². The first-order valence-electron chi connectivity index (χ1n) is 6.55. The van der Waals surface area contributed by atoms with Gasteiger partial charge in [-0.1, -0.05) is 0 Å². The van der Waals surface area contributed by atoms with Gasteiger partial charge in [-0.05, 0) is 52.4 Å². The van der Waals surface area contributed by atoms with Crippen LogP contribution < -0.4 is 4.90 Å². The van der Waals surface area contributed by atoms with Gasteiger partial charge in [0.25, 0.3) is 0 Å². The van der Waals surface area contributed by atoms with Gasteiger partial charge >= 0.3 is 0 Å². The first-order valence-corrected chi connectivity index (χ1v) is 7.34. The quantitative estimate of drug-likeness (QED) is 0.871. The lowest BCUT2D eigenvalue weighted by molar-refractivity contribution is 0.586. The number of hydrogen-bond donors (Lipinski definition) is 0. The average molecular weight is 321 g/mol. The zero-order valence-corrected chi connectivity index (χ0v) is 12.5. The molecule has 0 radical (unpaired) electrons. The summed E-state index contributed by atoms with van der Waals surface area (Å²) in [5, 5.41) is 4.23. The molecule has 1 atom stereocenters. The van der Waals surface area contributed by atoms with E-state index in [0.29, 0.717) is 5.92 Å². The summed E-state index contributed by atoms with van der Waals surface area (Å²) in [6.45, 7) is 2.18. The van der Waals surface area contributed by atoms with Crippen LogP contribution in [-0.4, -0.2) is 27.9 Å². The maximum Gasteiger partial charge on any atom is 0.128 e. The van der Waals surface area contributed by atoms with Crippen LogP contribution in [0.4, 0.5) is 5.82 Å². The molecule has 1 saturated heterocycles. The van der Waals surface area contributed by atoms with Crippen molar-refractivity contribution in [1.82, 2.24) is 14.8 Å². The summed E-state index contributed by atoms with van der Waals surface area (Å²) < 4.78 is 2.90. The number of aromatic nitrogens is 3.